The number of rotatable bonds is 3. The number of carbonyl (C=O) groups is 1. The largest absolute Gasteiger partial charge is 0.495 e. The molecule has 7 nitrogen and oxygen atoms in total. The molecule has 3 aromatic rings. The molecule has 0 unspecified atom stereocenters. The van der Waals surface area contributed by atoms with Crippen molar-refractivity contribution < 1.29 is 11.0 Å². The SMILES string of the molecule is COc1cnc2[nH]cc(-c3cccc(N4C[C@@H](C)N(C(C)=O)[C@@H](C)C4)n3)c2c1.[HH]. The minimum Gasteiger partial charge on any atom is -0.495 e. The number of hydrogen-bond donors (Lipinski definition) is 1. The number of ether oxygens (including phenoxy) is 1. The third kappa shape index (κ3) is 3.17. The Morgan fingerprint density at radius 1 is 1.29 bits per heavy atom. The monoisotopic (exact) mass is 381 g/mol. The highest BCUT2D eigenvalue weighted by atomic mass is 16.5. The van der Waals surface area contributed by atoms with Crippen molar-refractivity contribution in [2.24, 2.45) is 0 Å². The second-order valence-corrected chi connectivity index (χ2v) is 7.38. The number of carbonyl (C=O) groups excluding carboxylic acids is 1. The van der Waals surface area contributed by atoms with Gasteiger partial charge in [-0.15, -0.1) is 0 Å². The fraction of sp³-hybridized carbons (Fsp3) is 0.381. The van der Waals surface area contributed by atoms with Gasteiger partial charge in [-0.2, -0.15) is 0 Å². The average molecular weight is 381 g/mol. The lowest BCUT2D eigenvalue weighted by molar-refractivity contribution is -0.133. The molecule has 148 valence electrons. The molecule has 28 heavy (non-hydrogen) atoms. The van der Waals surface area contributed by atoms with Crippen LogP contribution in [0.2, 0.25) is 0 Å². The molecule has 0 spiro atoms. The summed E-state index contributed by atoms with van der Waals surface area (Å²) >= 11 is 0. The van der Waals surface area contributed by atoms with Crippen LogP contribution in [0.15, 0.2) is 36.7 Å². The summed E-state index contributed by atoms with van der Waals surface area (Å²) in [5, 5.41) is 0.979. The second-order valence-electron chi connectivity index (χ2n) is 7.38. The topological polar surface area (TPSA) is 74.3 Å². The van der Waals surface area contributed by atoms with Crippen molar-refractivity contribution in [3.63, 3.8) is 0 Å². The van der Waals surface area contributed by atoms with Gasteiger partial charge in [0.15, 0.2) is 0 Å². The van der Waals surface area contributed by atoms with Gasteiger partial charge in [-0.05, 0) is 32.0 Å². The Bertz CT molecular complexity index is 1010. The van der Waals surface area contributed by atoms with Gasteiger partial charge in [-0.25, -0.2) is 9.97 Å². The number of piperazine rings is 1. The maximum Gasteiger partial charge on any atom is 0.220 e. The fourth-order valence-electron chi connectivity index (χ4n) is 4.19. The first-order chi connectivity index (χ1) is 13.5. The molecule has 4 heterocycles. The van der Waals surface area contributed by atoms with E-state index in [0.717, 1.165) is 41.2 Å². The summed E-state index contributed by atoms with van der Waals surface area (Å²) in [7, 11) is 1.64. The quantitative estimate of drug-likeness (QED) is 0.753. The number of methoxy groups -OCH3 is 1. The maximum absolute atomic E-state index is 11.9. The van der Waals surface area contributed by atoms with E-state index < -0.39 is 0 Å². The van der Waals surface area contributed by atoms with E-state index in [-0.39, 0.29) is 19.4 Å². The molecule has 3 aromatic heterocycles. The van der Waals surface area contributed by atoms with Gasteiger partial charge >= 0.3 is 0 Å². The van der Waals surface area contributed by atoms with Crippen LogP contribution >= 0.6 is 0 Å². The molecule has 0 radical (unpaired) electrons. The molecular weight excluding hydrogens is 354 g/mol. The molecule has 0 aliphatic carbocycles. The number of hydrogen-bond acceptors (Lipinski definition) is 5. The smallest absolute Gasteiger partial charge is 0.220 e. The van der Waals surface area contributed by atoms with Gasteiger partial charge < -0.3 is 19.5 Å². The van der Waals surface area contributed by atoms with E-state index in [0.29, 0.717) is 5.75 Å². The number of aromatic nitrogens is 3. The summed E-state index contributed by atoms with van der Waals surface area (Å²) in [4.78, 5) is 28.7. The molecular formula is C21H27N5O2. The molecule has 7 heteroatoms. The minimum atomic E-state index is 0. The van der Waals surface area contributed by atoms with Crippen LogP contribution in [-0.2, 0) is 4.79 Å². The summed E-state index contributed by atoms with van der Waals surface area (Å²) < 4.78 is 5.32. The van der Waals surface area contributed by atoms with E-state index in [2.05, 4.69) is 28.7 Å². The van der Waals surface area contributed by atoms with E-state index in [4.69, 9.17) is 9.72 Å². The number of aromatic amines is 1. The lowest BCUT2D eigenvalue weighted by Crippen LogP contribution is -2.58. The summed E-state index contributed by atoms with van der Waals surface area (Å²) in [5.74, 6) is 1.76. The molecule has 0 aromatic carbocycles. The Kier molecular flexibility index (Phi) is 4.66. The predicted molar refractivity (Wildman–Crippen MR) is 112 cm³/mol. The second kappa shape index (κ2) is 7.14. The van der Waals surface area contributed by atoms with Crippen molar-refractivity contribution in [2.45, 2.75) is 32.9 Å². The van der Waals surface area contributed by atoms with E-state index in [9.17, 15) is 4.79 Å². The molecule has 0 bridgehead atoms. The summed E-state index contributed by atoms with van der Waals surface area (Å²) in [6.45, 7) is 7.35. The van der Waals surface area contributed by atoms with Gasteiger partial charge in [0.2, 0.25) is 5.91 Å². The highest BCUT2D eigenvalue weighted by molar-refractivity contribution is 5.93. The number of fused-ring (bicyclic) bond motifs is 1. The summed E-state index contributed by atoms with van der Waals surface area (Å²) in [5.41, 5.74) is 2.68. The standard InChI is InChI=1S/C21H25N5O2.H2/c1-13-11-25(12-14(2)26(13)15(3)27)20-7-5-6-19(24-20)18-10-23-21-17(18)8-16(28-4)9-22-21;/h5-10,13-14H,11-12H2,1-4H3,(H,22,23);1H/t13-,14+;. The predicted octanol–water partition coefficient (Wildman–Crippen LogP) is 3.33. The van der Waals surface area contributed by atoms with Crippen molar-refractivity contribution in [2.75, 3.05) is 25.1 Å². The zero-order chi connectivity index (χ0) is 19.8. The average Bonchev–Trinajstić information content (AvgIpc) is 3.10. The van der Waals surface area contributed by atoms with E-state index in [1.54, 1.807) is 20.2 Å². The highest BCUT2D eigenvalue weighted by Gasteiger charge is 2.31. The molecule has 1 aliphatic heterocycles. The number of nitrogens with zero attached hydrogens (tertiary/aromatic N) is 4. The van der Waals surface area contributed by atoms with Crippen molar-refractivity contribution >= 4 is 22.8 Å². The Balaban J connectivity index is 0.00000240. The van der Waals surface area contributed by atoms with E-state index >= 15 is 0 Å². The summed E-state index contributed by atoms with van der Waals surface area (Å²) in [6.07, 6.45) is 3.63. The fourth-order valence-corrected chi connectivity index (χ4v) is 4.19. The van der Waals surface area contributed by atoms with Crippen LogP contribution in [0.5, 0.6) is 5.75 Å². The molecule has 1 amide bonds. The van der Waals surface area contributed by atoms with Crippen molar-refractivity contribution in [1.82, 2.24) is 19.9 Å². The zero-order valence-corrected chi connectivity index (χ0v) is 16.6. The normalized spacial score (nSPS) is 19.9. The van der Waals surface area contributed by atoms with Crippen LogP contribution < -0.4 is 9.64 Å². The van der Waals surface area contributed by atoms with Crippen LogP contribution in [-0.4, -0.2) is 58.0 Å². The van der Waals surface area contributed by atoms with Crippen LogP contribution in [0.4, 0.5) is 5.82 Å². The van der Waals surface area contributed by atoms with Gasteiger partial charge in [-0.1, -0.05) is 6.07 Å². The van der Waals surface area contributed by atoms with Gasteiger partial charge in [0.1, 0.15) is 17.2 Å². The lowest BCUT2D eigenvalue weighted by Gasteiger charge is -2.44. The van der Waals surface area contributed by atoms with Crippen LogP contribution in [0.1, 0.15) is 22.2 Å². The highest BCUT2D eigenvalue weighted by Crippen LogP contribution is 2.30. The lowest BCUT2D eigenvalue weighted by atomic mass is 10.1. The Morgan fingerprint density at radius 3 is 2.71 bits per heavy atom. The Hall–Kier alpha value is -3.09. The molecule has 0 saturated carbocycles. The van der Waals surface area contributed by atoms with Gasteiger partial charge in [0.25, 0.3) is 0 Å². The third-order valence-corrected chi connectivity index (χ3v) is 5.36. The molecule has 2 atom stereocenters. The zero-order valence-electron chi connectivity index (χ0n) is 16.6. The molecule has 1 saturated heterocycles. The number of nitrogens with one attached hydrogen (secondary N) is 1. The van der Waals surface area contributed by atoms with Gasteiger partial charge in [0.05, 0.1) is 19.0 Å². The number of anilines is 1. The van der Waals surface area contributed by atoms with E-state index in [1.807, 2.05) is 35.4 Å². The third-order valence-electron chi connectivity index (χ3n) is 5.36. The number of amides is 1. The van der Waals surface area contributed by atoms with Crippen molar-refractivity contribution in [3.8, 4) is 17.0 Å². The number of H-pyrrole nitrogens is 1. The number of pyridine rings is 2. The summed E-state index contributed by atoms with van der Waals surface area (Å²) in [6, 6.07) is 8.32. The Labute approximate surface area is 165 Å². The molecule has 1 aliphatic rings. The maximum atomic E-state index is 11.9. The van der Waals surface area contributed by atoms with Crippen LogP contribution in [0, 0.1) is 0 Å². The Morgan fingerprint density at radius 2 is 2.04 bits per heavy atom. The van der Waals surface area contributed by atoms with E-state index in [1.165, 1.54) is 0 Å². The molecule has 4 rings (SSSR count). The first-order valence-corrected chi connectivity index (χ1v) is 9.50. The van der Waals surface area contributed by atoms with Crippen molar-refractivity contribution in [1.29, 1.82) is 0 Å². The van der Waals surface area contributed by atoms with Gasteiger partial charge in [0, 0.05) is 50.7 Å². The first-order valence-electron chi connectivity index (χ1n) is 9.50. The van der Waals surface area contributed by atoms with Crippen molar-refractivity contribution in [3.05, 3.63) is 36.7 Å². The van der Waals surface area contributed by atoms with Crippen LogP contribution in [0.25, 0.3) is 22.3 Å². The van der Waals surface area contributed by atoms with Gasteiger partial charge in [-0.3, -0.25) is 4.79 Å². The first kappa shape index (κ1) is 18.3. The van der Waals surface area contributed by atoms with Crippen LogP contribution in [0.3, 0.4) is 0 Å². The minimum absolute atomic E-state index is 0. The molecule has 1 N–H and O–H groups in total. The molecule has 1 fully saturated rings.